The van der Waals surface area contributed by atoms with Gasteiger partial charge in [0, 0.05) is 0 Å². The van der Waals surface area contributed by atoms with Crippen LogP contribution >= 0.6 is 0 Å². The van der Waals surface area contributed by atoms with Crippen molar-refractivity contribution in [3.8, 4) is 0 Å². The molecule has 0 saturated heterocycles. The van der Waals surface area contributed by atoms with Gasteiger partial charge in [0.15, 0.2) is 0 Å². The van der Waals surface area contributed by atoms with E-state index in [-0.39, 0.29) is 0 Å². The number of benzene rings is 3. The van der Waals surface area contributed by atoms with Crippen molar-refractivity contribution in [1.82, 2.24) is 5.32 Å². The van der Waals surface area contributed by atoms with Gasteiger partial charge < -0.3 is 5.11 Å². The number of rotatable bonds is 6. The lowest BCUT2D eigenvalue weighted by Gasteiger charge is -2.42. The summed E-state index contributed by atoms with van der Waals surface area (Å²) in [6.45, 7) is 0. The molecular formula is C25H23NO2. The summed E-state index contributed by atoms with van der Waals surface area (Å²) in [4.78, 5) is 12.4. The first kappa shape index (κ1) is 18.2. The fourth-order valence-electron chi connectivity index (χ4n) is 4.13. The molecular weight excluding hydrogens is 346 g/mol. The van der Waals surface area contributed by atoms with Crippen molar-refractivity contribution in [2.75, 3.05) is 0 Å². The molecule has 0 spiro atoms. The van der Waals surface area contributed by atoms with Crippen molar-refractivity contribution in [1.29, 1.82) is 0 Å². The van der Waals surface area contributed by atoms with Gasteiger partial charge in [0.25, 0.3) is 0 Å². The van der Waals surface area contributed by atoms with Crippen LogP contribution in [0, 0.1) is 0 Å². The van der Waals surface area contributed by atoms with Crippen LogP contribution in [0.15, 0.2) is 103 Å². The van der Waals surface area contributed by atoms with E-state index in [2.05, 4.69) is 41.7 Å². The lowest BCUT2D eigenvalue weighted by Crippen LogP contribution is -2.59. The van der Waals surface area contributed by atoms with Crippen molar-refractivity contribution >= 4 is 5.97 Å². The largest absolute Gasteiger partial charge is 0.480 e. The second-order valence-electron chi connectivity index (χ2n) is 7.19. The second-order valence-corrected chi connectivity index (χ2v) is 7.19. The smallest absolute Gasteiger partial charge is 0.327 e. The van der Waals surface area contributed by atoms with E-state index in [1.165, 1.54) is 0 Å². The minimum absolute atomic E-state index is 0.524. The topological polar surface area (TPSA) is 49.3 Å². The summed E-state index contributed by atoms with van der Waals surface area (Å²) in [6.07, 6.45) is 5.02. The molecule has 1 aliphatic rings. The lowest BCUT2D eigenvalue weighted by atomic mass is 9.75. The van der Waals surface area contributed by atoms with Crippen LogP contribution in [0.2, 0.25) is 0 Å². The molecule has 0 bridgehead atoms. The van der Waals surface area contributed by atoms with Gasteiger partial charge in [-0.3, -0.25) is 5.32 Å². The third-order valence-corrected chi connectivity index (χ3v) is 5.52. The Labute approximate surface area is 165 Å². The van der Waals surface area contributed by atoms with Crippen molar-refractivity contribution < 1.29 is 9.90 Å². The zero-order chi connectivity index (χ0) is 19.5. The van der Waals surface area contributed by atoms with Gasteiger partial charge in [-0.15, -0.1) is 0 Å². The number of carbonyl (C=O) groups is 1. The Hall–Kier alpha value is -3.17. The first-order valence-corrected chi connectivity index (χ1v) is 9.54. The maximum absolute atomic E-state index is 12.4. The number of hydrogen-bond donors (Lipinski definition) is 2. The summed E-state index contributed by atoms with van der Waals surface area (Å²) in [5, 5.41) is 13.8. The Morgan fingerprint density at radius 1 is 0.786 bits per heavy atom. The molecule has 0 radical (unpaired) electrons. The zero-order valence-electron chi connectivity index (χ0n) is 15.6. The van der Waals surface area contributed by atoms with Crippen molar-refractivity contribution in [2.45, 2.75) is 23.9 Å². The van der Waals surface area contributed by atoms with E-state index < -0.39 is 17.0 Å². The molecule has 1 aliphatic carbocycles. The molecule has 28 heavy (non-hydrogen) atoms. The standard InChI is InChI=1S/C25H23NO2/c27-23(28)24(18-10-11-19-24)26-25(20-12-4-1-5-13-20,21-14-6-2-7-15-21)22-16-8-3-9-17-22/h1-10,12-18,26H,11,19H2,(H,27,28). The third kappa shape index (κ3) is 3.04. The molecule has 0 fully saturated rings. The fraction of sp³-hybridized carbons (Fsp3) is 0.160. The van der Waals surface area contributed by atoms with Crippen LogP contribution in [0.3, 0.4) is 0 Å². The molecule has 3 heteroatoms. The third-order valence-electron chi connectivity index (χ3n) is 5.52. The number of carboxylic acids is 1. The van der Waals surface area contributed by atoms with Gasteiger partial charge >= 0.3 is 5.97 Å². The summed E-state index contributed by atoms with van der Waals surface area (Å²) in [5.74, 6) is -0.853. The monoisotopic (exact) mass is 369 g/mol. The molecule has 0 aliphatic heterocycles. The van der Waals surface area contributed by atoms with Gasteiger partial charge in [-0.25, -0.2) is 4.79 Å². The zero-order valence-corrected chi connectivity index (χ0v) is 15.6. The highest BCUT2D eigenvalue weighted by molar-refractivity contribution is 5.83. The molecule has 0 amide bonds. The minimum atomic E-state index is -1.12. The first-order valence-electron chi connectivity index (χ1n) is 9.54. The van der Waals surface area contributed by atoms with Crippen LogP contribution in [-0.4, -0.2) is 16.6 Å². The van der Waals surface area contributed by atoms with Gasteiger partial charge in [-0.05, 0) is 29.5 Å². The maximum atomic E-state index is 12.4. The minimum Gasteiger partial charge on any atom is -0.480 e. The predicted molar refractivity (Wildman–Crippen MR) is 111 cm³/mol. The number of allylic oxidation sites excluding steroid dienone is 1. The van der Waals surface area contributed by atoms with Gasteiger partial charge in [0.1, 0.15) is 5.54 Å². The Bertz CT molecular complexity index is 871. The van der Waals surface area contributed by atoms with E-state index >= 15 is 0 Å². The molecule has 3 nitrogen and oxygen atoms in total. The quantitative estimate of drug-likeness (QED) is 0.487. The Morgan fingerprint density at radius 2 is 1.21 bits per heavy atom. The van der Waals surface area contributed by atoms with Crippen LogP contribution in [0.25, 0.3) is 0 Å². The highest BCUT2D eigenvalue weighted by Crippen LogP contribution is 2.40. The molecule has 4 rings (SSSR count). The normalized spacial score (nSPS) is 18.9. The molecule has 0 aromatic heterocycles. The van der Waals surface area contributed by atoms with Gasteiger partial charge in [0.05, 0.1) is 5.54 Å². The van der Waals surface area contributed by atoms with Crippen LogP contribution < -0.4 is 5.32 Å². The highest BCUT2D eigenvalue weighted by atomic mass is 16.4. The summed E-state index contributed by atoms with van der Waals surface area (Å²) in [6, 6.07) is 30.3. The summed E-state index contributed by atoms with van der Waals surface area (Å²) >= 11 is 0. The van der Waals surface area contributed by atoms with E-state index in [0.29, 0.717) is 6.42 Å². The van der Waals surface area contributed by atoms with Crippen LogP contribution in [-0.2, 0) is 10.3 Å². The van der Waals surface area contributed by atoms with E-state index in [4.69, 9.17) is 0 Å². The van der Waals surface area contributed by atoms with E-state index in [1.54, 1.807) is 6.08 Å². The Balaban J connectivity index is 2.02. The second kappa shape index (κ2) is 7.45. The van der Waals surface area contributed by atoms with Gasteiger partial charge in [0.2, 0.25) is 0 Å². The van der Waals surface area contributed by atoms with Crippen LogP contribution in [0.1, 0.15) is 29.5 Å². The maximum Gasteiger partial charge on any atom is 0.327 e. The molecule has 2 N–H and O–H groups in total. The molecule has 3 aromatic rings. The van der Waals surface area contributed by atoms with Crippen molar-refractivity contribution in [2.24, 2.45) is 0 Å². The van der Waals surface area contributed by atoms with Crippen LogP contribution in [0.5, 0.6) is 0 Å². The number of hydrogen-bond acceptors (Lipinski definition) is 2. The van der Waals surface area contributed by atoms with Crippen LogP contribution in [0.4, 0.5) is 0 Å². The number of nitrogens with one attached hydrogen (secondary N) is 1. The molecule has 1 unspecified atom stereocenters. The molecule has 0 heterocycles. The van der Waals surface area contributed by atoms with Gasteiger partial charge in [-0.2, -0.15) is 0 Å². The first-order chi connectivity index (χ1) is 13.7. The average Bonchev–Trinajstić information content (AvgIpc) is 3.24. The summed E-state index contributed by atoms with van der Waals surface area (Å²) < 4.78 is 0. The van der Waals surface area contributed by atoms with Crippen molar-refractivity contribution in [3.05, 3.63) is 120 Å². The lowest BCUT2D eigenvalue weighted by molar-refractivity contribution is -0.143. The molecule has 140 valence electrons. The summed E-state index contributed by atoms with van der Waals surface area (Å²) in [5.41, 5.74) is 1.10. The molecule has 0 saturated carbocycles. The molecule has 1 atom stereocenters. The predicted octanol–water partition coefficient (Wildman–Crippen LogP) is 4.74. The van der Waals surface area contributed by atoms with Gasteiger partial charge in [-0.1, -0.05) is 103 Å². The molecule has 3 aromatic carbocycles. The Morgan fingerprint density at radius 3 is 1.54 bits per heavy atom. The van der Waals surface area contributed by atoms with E-state index in [9.17, 15) is 9.90 Å². The average molecular weight is 369 g/mol. The fourth-order valence-corrected chi connectivity index (χ4v) is 4.13. The van der Waals surface area contributed by atoms with E-state index in [1.807, 2.05) is 60.7 Å². The van der Waals surface area contributed by atoms with Crippen molar-refractivity contribution in [3.63, 3.8) is 0 Å². The highest BCUT2D eigenvalue weighted by Gasteiger charge is 2.47. The number of carboxylic acid groups (broad SMARTS) is 1. The summed E-state index contributed by atoms with van der Waals surface area (Å²) in [7, 11) is 0. The Kier molecular flexibility index (Phi) is 4.84. The SMILES string of the molecule is O=C(O)C1(NC(c2ccccc2)(c2ccccc2)c2ccccc2)C=CCC1. The number of aliphatic carboxylic acids is 1. The van der Waals surface area contributed by atoms with E-state index in [0.717, 1.165) is 23.1 Å².